The number of guanidine groups is 1. The van der Waals surface area contributed by atoms with Crippen LogP contribution in [0.2, 0.25) is 0 Å². The molecule has 0 amide bonds. The molecular weight excluding hydrogens is 445 g/mol. The molecule has 1 fully saturated rings. The second kappa shape index (κ2) is 11.5. The van der Waals surface area contributed by atoms with Crippen molar-refractivity contribution in [2.75, 3.05) is 33.4 Å². The molecule has 1 saturated carbocycles. The van der Waals surface area contributed by atoms with E-state index in [1.165, 1.54) is 25.7 Å². The zero-order valence-electron chi connectivity index (χ0n) is 15.4. The van der Waals surface area contributed by atoms with E-state index >= 15 is 0 Å². The van der Waals surface area contributed by atoms with Crippen molar-refractivity contribution in [1.82, 2.24) is 10.6 Å². The van der Waals surface area contributed by atoms with Gasteiger partial charge in [-0.25, -0.2) is 0 Å². The highest BCUT2D eigenvalue weighted by molar-refractivity contribution is 14.0. The summed E-state index contributed by atoms with van der Waals surface area (Å²) in [7, 11) is 1.78. The van der Waals surface area contributed by atoms with Gasteiger partial charge in [-0.3, -0.25) is 4.99 Å². The topological polar surface area (TPSA) is 64.1 Å². The lowest BCUT2D eigenvalue weighted by atomic mass is 10.2. The van der Waals surface area contributed by atoms with Crippen molar-refractivity contribution < 1.29 is 14.2 Å². The molecule has 2 aliphatic rings. The van der Waals surface area contributed by atoms with Crippen molar-refractivity contribution in [3.05, 3.63) is 24.3 Å². The van der Waals surface area contributed by atoms with Gasteiger partial charge < -0.3 is 24.8 Å². The van der Waals surface area contributed by atoms with Gasteiger partial charge in [0.2, 0.25) is 0 Å². The van der Waals surface area contributed by atoms with E-state index in [0.29, 0.717) is 19.3 Å². The molecule has 0 saturated heterocycles. The van der Waals surface area contributed by atoms with Crippen molar-refractivity contribution in [3.8, 4) is 11.5 Å². The number of benzene rings is 1. The van der Waals surface area contributed by atoms with Crippen LogP contribution >= 0.6 is 24.0 Å². The summed E-state index contributed by atoms with van der Waals surface area (Å²) in [6, 6.07) is 7.75. The Labute approximate surface area is 173 Å². The zero-order valence-corrected chi connectivity index (χ0v) is 17.7. The van der Waals surface area contributed by atoms with Gasteiger partial charge in [0.15, 0.2) is 17.5 Å². The number of halogens is 1. The van der Waals surface area contributed by atoms with Crippen molar-refractivity contribution in [2.45, 2.75) is 44.3 Å². The molecule has 1 unspecified atom stereocenters. The van der Waals surface area contributed by atoms with Crippen LogP contribution in [0.3, 0.4) is 0 Å². The van der Waals surface area contributed by atoms with Crippen LogP contribution in [0.15, 0.2) is 29.3 Å². The summed E-state index contributed by atoms with van der Waals surface area (Å²) in [6.07, 6.45) is 6.52. The quantitative estimate of drug-likeness (QED) is 0.275. The molecule has 1 atom stereocenters. The normalized spacial score (nSPS) is 19.7. The third-order valence-electron chi connectivity index (χ3n) is 4.56. The van der Waals surface area contributed by atoms with E-state index in [4.69, 9.17) is 14.2 Å². The first-order valence-electron chi connectivity index (χ1n) is 9.30. The molecule has 1 aromatic rings. The summed E-state index contributed by atoms with van der Waals surface area (Å²) in [5.74, 6) is 2.39. The molecule has 1 aliphatic carbocycles. The third-order valence-corrected chi connectivity index (χ3v) is 4.56. The number of rotatable bonds is 7. The largest absolute Gasteiger partial charge is 0.486 e. The summed E-state index contributed by atoms with van der Waals surface area (Å²) in [5.41, 5.74) is 0. The van der Waals surface area contributed by atoms with Crippen LogP contribution in [-0.4, -0.2) is 51.5 Å². The van der Waals surface area contributed by atoms with Gasteiger partial charge in [0.05, 0.1) is 12.6 Å². The molecule has 7 heteroatoms. The van der Waals surface area contributed by atoms with E-state index in [-0.39, 0.29) is 30.1 Å². The third kappa shape index (κ3) is 6.50. The molecule has 26 heavy (non-hydrogen) atoms. The van der Waals surface area contributed by atoms with Gasteiger partial charge in [-0.15, -0.1) is 24.0 Å². The standard InChI is InChI=1S/C19H29N3O3.HI/c1-20-19(21-11-6-12-23-15-7-2-3-8-15)22-13-16-14-24-17-9-4-5-10-18(17)25-16;/h4-5,9-10,15-16H,2-3,6-8,11-14H2,1H3,(H2,20,21,22);1H. The molecule has 1 heterocycles. The SMILES string of the molecule is CN=C(NCCCOC1CCCC1)NCC1COc2ccccc2O1.I. The summed E-state index contributed by atoms with van der Waals surface area (Å²) in [4.78, 5) is 4.25. The van der Waals surface area contributed by atoms with E-state index in [9.17, 15) is 0 Å². The number of nitrogens with one attached hydrogen (secondary N) is 2. The molecule has 0 spiro atoms. The Bertz CT molecular complexity index is 565. The molecule has 0 aromatic heterocycles. The van der Waals surface area contributed by atoms with E-state index < -0.39 is 0 Å². The molecule has 6 nitrogen and oxygen atoms in total. The molecule has 1 aromatic carbocycles. The number of hydrogen-bond acceptors (Lipinski definition) is 4. The predicted molar refractivity (Wildman–Crippen MR) is 114 cm³/mol. The highest BCUT2D eigenvalue weighted by Crippen LogP contribution is 2.30. The lowest BCUT2D eigenvalue weighted by Gasteiger charge is -2.27. The van der Waals surface area contributed by atoms with Crippen LogP contribution in [0.4, 0.5) is 0 Å². The van der Waals surface area contributed by atoms with E-state index in [1.807, 2.05) is 24.3 Å². The van der Waals surface area contributed by atoms with Gasteiger partial charge in [-0.05, 0) is 31.4 Å². The summed E-state index contributed by atoms with van der Waals surface area (Å²) >= 11 is 0. The Morgan fingerprint density at radius 2 is 1.96 bits per heavy atom. The maximum atomic E-state index is 5.94. The number of nitrogens with zero attached hydrogens (tertiary/aromatic N) is 1. The van der Waals surface area contributed by atoms with Gasteiger partial charge in [0, 0.05) is 20.2 Å². The second-order valence-corrected chi connectivity index (χ2v) is 6.51. The average molecular weight is 475 g/mol. The minimum atomic E-state index is -0.0286. The fourth-order valence-electron chi connectivity index (χ4n) is 3.18. The van der Waals surface area contributed by atoms with E-state index in [2.05, 4.69) is 15.6 Å². The van der Waals surface area contributed by atoms with Crippen molar-refractivity contribution in [2.24, 2.45) is 4.99 Å². The summed E-state index contributed by atoms with van der Waals surface area (Å²) < 4.78 is 17.5. The molecule has 3 rings (SSSR count). The Balaban J connectivity index is 0.00000243. The Kier molecular flexibility index (Phi) is 9.31. The van der Waals surface area contributed by atoms with Gasteiger partial charge in [0.25, 0.3) is 0 Å². The first kappa shape index (κ1) is 21.1. The van der Waals surface area contributed by atoms with Crippen LogP contribution in [-0.2, 0) is 4.74 Å². The zero-order chi connectivity index (χ0) is 17.3. The smallest absolute Gasteiger partial charge is 0.191 e. The van der Waals surface area contributed by atoms with E-state index in [1.54, 1.807) is 7.05 Å². The summed E-state index contributed by atoms with van der Waals surface area (Å²) in [5, 5.41) is 6.61. The number of ether oxygens (including phenoxy) is 3. The fourth-order valence-corrected chi connectivity index (χ4v) is 3.18. The lowest BCUT2D eigenvalue weighted by molar-refractivity contribution is 0.0573. The van der Waals surface area contributed by atoms with Crippen molar-refractivity contribution in [3.63, 3.8) is 0 Å². The monoisotopic (exact) mass is 475 g/mol. The van der Waals surface area contributed by atoms with Crippen LogP contribution in [0, 0.1) is 0 Å². The number of aliphatic imine (C=N–C) groups is 1. The lowest BCUT2D eigenvalue weighted by Crippen LogP contribution is -2.45. The molecule has 0 bridgehead atoms. The molecule has 0 radical (unpaired) electrons. The Hall–Kier alpha value is -1.22. The van der Waals surface area contributed by atoms with Crippen molar-refractivity contribution >= 4 is 29.9 Å². The number of fused-ring (bicyclic) bond motifs is 1. The minimum absolute atomic E-state index is 0. The minimum Gasteiger partial charge on any atom is -0.486 e. The van der Waals surface area contributed by atoms with Gasteiger partial charge >= 0.3 is 0 Å². The highest BCUT2D eigenvalue weighted by Gasteiger charge is 2.20. The maximum absolute atomic E-state index is 5.94. The highest BCUT2D eigenvalue weighted by atomic mass is 127. The number of hydrogen-bond donors (Lipinski definition) is 2. The number of para-hydroxylation sites is 2. The second-order valence-electron chi connectivity index (χ2n) is 6.51. The van der Waals surface area contributed by atoms with Crippen molar-refractivity contribution in [1.29, 1.82) is 0 Å². The first-order chi connectivity index (χ1) is 12.3. The molecule has 2 N–H and O–H groups in total. The Morgan fingerprint density at radius 3 is 2.73 bits per heavy atom. The fraction of sp³-hybridized carbons (Fsp3) is 0.632. The average Bonchev–Trinajstić information content (AvgIpc) is 3.17. The van der Waals surface area contributed by atoms with Crippen LogP contribution < -0.4 is 20.1 Å². The molecule has 146 valence electrons. The predicted octanol–water partition coefficient (Wildman–Crippen LogP) is 2.96. The van der Waals surface area contributed by atoms with Crippen LogP contribution in [0.25, 0.3) is 0 Å². The maximum Gasteiger partial charge on any atom is 0.191 e. The first-order valence-corrected chi connectivity index (χ1v) is 9.30. The summed E-state index contributed by atoms with van der Waals surface area (Å²) in [6.45, 7) is 2.84. The Morgan fingerprint density at radius 1 is 1.19 bits per heavy atom. The van der Waals surface area contributed by atoms with Gasteiger partial charge in [-0.1, -0.05) is 25.0 Å². The molecular formula is C19H30IN3O3. The van der Waals surface area contributed by atoms with E-state index in [0.717, 1.165) is 37.0 Å². The van der Waals surface area contributed by atoms with Gasteiger partial charge in [0.1, 0.15) is 12.7 Å². The molecule has 1 aliphatic heterocycles. The van der Waals surface area contributed by atoms with Crippen LogP contribution in [0.5, 0.6) is 11.5 Å². The van der Waals surface area contributed by atoms with Crippen LogP contribution in [0.1, 0.15) is 32.1 Å². The van der Waals surface area contributed by atoms with Gasteiger partial charge in [-0.2, -0.15) is 0 Å².